The Balaban J connectivity index is 1.93. The minimum absolute atomic E-state index is 0.0223. The van der Waals surface area contributed by atoms with Crippen molar-refractivity contribution in [2.24, 2.45) is 11.7 Å². The van der Waals surface area contributed by atoms with Crippen molar-refractivity contribution in [3.05, 3.63) is 35.9 Å². The normalized spacial score (nSPS) is 24.1. The van der Waals surface area contributed by atoms with E-state index >= 15 is 0 Å². The molecule has 1 aliphatic heterocycles. The van der Waals surface area contributed by atoms with E-state index in [0.717, 1.165) is 18.4 Å². The van der Waals surface area contributed by atoms with Crippen molar-refractivity contribution < 1.29 is 9.53 Å². The number of nitrogens with two attached hydrogens (primary N) is 1. The van der Waals surface area contributed by atoms with Crippen LogP contribution < -0.4 is 11.1 Å². The van der Waals surface area contributed by atoms with E-state index < -0.39 is 0 Å². The Morgan fingerprint density at radius 2 is 2.05 bits per heavy atom. The molecule has 3 atom stereocenters. The molecule has 1 fully saturated rings. The van der Waals surface area contributed by atoms with Gasteiger partial charge in [-0.15, -0.1) is 0 Å². The number of ether oxygens (including phenoxy) is 1. The zero-order valence-electron chi connectivity index (χ0n) is 13.1. The summed E-state index contributed by atoms with van der Waals surface area (Å²) in [5.41, 5.74) is 7.04. The molecule has 0 radical (unpaired) electrons. The maximum atomic E-state index is 12.4. The molecule has 0 bridgehead atoms. The molecule has 1 aliphatic rings. The molecule has 2 rings (SSSR count). The summed E-state index contributed by atoms with van der Waals surface area (Å²) in [4.78, 5) is 12.4. The van der Waals surface area contributed by atoms with Crippen LogP contribution in [0.1, 0.15) is 45.2 Å². The summed E-state index contributed by atoms with van der Waals surface area (Å²) in [5, 5.41) is 3.13. The van der Waals surface area contributed by atoms with Gasteiger partial charge in [0, 0.05) is 18.7 Å². The molecule has 4 heteroatoms. The monoisotopic (exact) mass is 290 g/mol. The average Bonchev–Trinajstić information content (AvgIpc) is 2.45. The maximum absolute atomic E-state index is 12.4. The predicted octanol–water partition coefficient (Wildman–Crippen LogP) is 2.40. The average molecular weight is 290 g/mol. The Morgan fingerprint density at radius 3 is 2.67 bits per heavy atom. The van der Waals surface area contributed by atoms with Crippen LogP contribution in [0, 0.1) is 5.92 Å². The van der Waals surface area contributed by atoms with Crippen molar-refractivity contribution in [3.8, 4) is 0 Å². The highest BCUT2D eigenvalue weighted by Crippen LogP contribution is 2.25. The minimum atomic E-state index is -0.279. The van der Waals surface area contributed by atoms with Crippen LogP contribution in [0.25, 0.3) is 0 Å². The lowest BCUT2D eigenvalue weighted by molar-refractivity contribution is -0.128. The third-order valence-electron chi connectivity index (χ3n) is 4.18. The molecule has 1 heterocycles. The van der Waals surface area contributed by atoms with Crippen LogP contribution in [0.4, 0.5) is 0 Å². The third kappa shape index (κ3) is 4.29. The molecule has 21 heavy (non-hydrogen) atoms. The van der Waals surface area contributed by atoms with Gasteiger partial charge < -0.3 is 15.8 Å². The summed E-state index contributed by atoms with van der Waals surface area (Å²) >= 11 is 0. The highest BCUT2D eigenvalue weighted by Gasteiger charge is 2.31. The van der Waals surface area contributed by atoms with E-state index in [-0.39, 0.29) is 29.5 Å². The van der Waals surface area contributed by atoms with E-state index in [1.165, 1.54) is 0 Å². The van der Waals surface area contributed by atoms with Gasteiger partial charge in [-0.05, 0) is 32.3 Å². The molecular formula is C17H26N2O2. The van der Waals surface area contributed by atoms with Crippen molar-refractivity contribution in [2.75, 3.05) is 6.61 Å². The Bertz CT molecular complexity index is 473. The van der Waals surface area contributed by atoms with Gasteiger partial charge in [-0.1, -0.05) is 37.3 Å². The lowest BCUT2D eigenvalue weighted by Crippen LogP contribution is -2.48. The Labute approximate surface area is 127 Å². The standard InChI is InChI=1S/C17H26N2O2/c1-12(15(18)13-7-5-4-6-8-13)16(20)19-14-9-10-21-17(2,3)11-14/h4-8,12,14-15H,9-11,18H2,1-3H3,(H,19,20). The second kappa shape index (κ2) is 6.58. The maximum Gasteiger partial charge on any atom is 0.224 e. The summed E-state index contributed by atoms with van der Waals surface area (Å²) < 4.78 is 5.68. The Kier molecular flexibility index (Phi) is 5.01. The van der Waals surface area contributed by atoms with E-state index in [9.17, 15) is 4.79 Å². The number of carbonyl (C=O) groups is 1. The summed E-state index contributed by atoms with van der Waals surface area (Å²) in [5.74, 6) is -0.229. The zero-order chi connectivity index (χ0) is 15.5. The molecule has 1 aromatic carbocycles. The molecular weight excluding hydrogens is 264 g/mol. The lowest BCUT2D eigenvalue weighted by atomic mass is 9.91. The van der Waals surface area contributed by atoms with Crippen LogP contribution in [-0.4, -0.2) is 24.2 Å². The van der Waals surface area contributed by atoms with E-state index in [0.29, 0.717) is 6.61 Å². The summed E-state index contributed by atoms with van der Waals surface area (Å²) in [6.45, 7) is 6.70. The lowest BCUT2D eigenvalue weighted by Gasteiger charge is -2.36. The first-order valence-electron chi connectivity index (χ1n) is 7.64. The quantitative estimate of drug-likeness (QED) is 0.895. The zero-order valence-corrected chi connectivity index (χ0v) is 13.1. The topological polar surface area (TPSA) is 64.3 Å². The third-order valence-corrected chi connectivity index (χ3v) is 4.18. The highest BCUT2D eigenvalue weighted by molar-refractivity contribution is 5.79. The fraction of sp³-hybridized carbons (Fsp3) is 0.588. The number of nitrogens with one attached hydrogen (secondary N) is 1. The molecule has 4 nitrogen and oxygen atoms in total. The molecule has 116 valence electrons. The van der Waals surface area contributed by atoms with Gasteiger partial charge in [0.2, 0.25) is 5.91 Å². The molecule has 1 saturated heterocycles. The Hall–Kier alpha value is -1.39. The van der Waals surface area contributed by atoms with Gasteiger partial charge in [-0.2, -0.15) is 0 Å². The largest absolute Gasteiger partial charge is 0.375 e. The molecule has 3 unspecified atom stereocenters. The molecule has 0 spiro atoms. The number of carbonyl (C=O) groups excluding carboxylic acids is 1. The van der Waals surface area contributed by atoms with Gasteiger partial charge in [-0.3, -0.25) is 4.79 Å². The number of hydrogen-bond donors (Lipinski definition) is 2. The number of hydrogen-bond acceptors (Lipinski definition) is 3. The van der Waals surface area contributed by atoms with E-state index in [2.05, 4.69) is 19.2 Å². The molecule has 1 aromatic rings. The Morgan fingerprint density at radius 1 is 1.38 bits per heavy atom. The van der Waals surface area contributed by atoms with Gasteiger partial charge in [-0.25, -0.2) is 0 Å². The van der Waals surface area contributed by atoms with Crippen LogP contribution >= 0.6 is 0 Å². The smallest absolute Gasteiger partial charge is 0.224 e. The molecule has 0 aliphatic carbocycles. The van der Waals surface area contributed by atoms with Crippen LogP contribution in [0.5, 0.6) is 0 Å². The summed E-state index contributed by atoms with van der Waals surface area (Å²) in [6, 6.07) is 9.66. The van der Waals surface area contributed by atoms with Crippen molar-refractivity contribution >= 4 is 5.91 Å². The molecule has 0 aromatic heterocycles. The molecule has 3 N–H and O–H groups in total. The fourth-order valence-corrected chi connectivity index (χ4v) is 2.81. The van der Waals surface area contributed by atoms with Crippen molar-refractivity contribution in [2.45, 2.75) is 51.3 Å². The second-order valence-electron chi connectivity index (χ2n) is 6.53. The second-order valence-corrected chi connectivity index (χ2v) is 6.53. The first-order valence-corrected chi connectivity index (χ1v) is 7.64. The SMILES string of the molecule is CC(C(=O)NC1CCOC(C)(C)C1)C(N)c1ccccc1. The van der Waals surface area contributed by atoms with Crippen LogP contribution in [0.2, 0.25) is 0 Å². The van der Waals surface area contributed by atoms with Gasteiger partial charge in [0.15, 0.2) is 0 Å². The molecule has 0 saturated carbocycles. The fourth-order valence-electron chi connectivity index (χ4n) is 2.81. The minimum Gasteiger partial charge on any atom is -0.375 e. The van der Waals surface area contributed by atoms with E-state index in [4.69, 9.17) is 10.5 Å². The van der Waals surface area contributed by atoms with Crippen molar-refractivity contribution in [1.29, 1.82) is 0 Å². The van der Waals surface area contributed by atoms with Crippen LogP contribution in [0.15, 0.2) is 30.3 Å². The van der Waals surface area contributed by atoms with Gasteiger partial charge >= 0.3 is 0 Å². The van der Waals surface area contributed by atoms with Crippen molar-refractivity contribution in [1.82, 2.24) is 5.32 Å². The highest BCUT2D eigenvalue weighted by atomic mass is 16.5. The number of benzene rings is 1. The molecule has 1 amide bonds. The number of amides is 1. The van der Waals surface area contributed by atoms with Gasteiger partial charge in [0.05, 0.1) is 11.5 Å². The summed E-state index contributed by atoms with van der Waals surface area (Å²) in [7, 11) is 0. The first-order chi connectivity index (χ1) is 9.89. The van der Waals surface area contributed by atoms with E-state index in [1.807, 2.05) is 37.3 Å². The predicted molar refractivity (Wildman–Crippen MR) is 83.7 cm³/mol. The van der Waals surface area contributed by atoms with Crippen molar-refractivity contribution in [3.63, 3.8) is 0 Å². The van der Waals surface area contributed by atoms with Gasteiger partial charge in [0.1, 0.15) is 0 Å². The van der Waals surface area contributed by atoms with Gasteiger partial charge in [0.25, 0.3) is 0 Å². The first kappa shape index (κ1) is 16.0. The van der Waals surface area contributed by atoms with E-state index in [1.54, 1.807) is 0 Å². The summed E-state index contributed by atoms with van der Waals surface area (Å²) in [6.07, 6.45) is 1.70. The number of rotatable bonds is 4. The van der Waals surface area contributed by atoms with Crippen LogP contribution in [-0.2, 0) is 9.53 Å². The van der Waals surface area contributed by atoms with Crippen LogP contribution in [0.3, 0.4) is 0 Å².